The highest BCUT2D eigenvalue weighted by atomic mass is 16.5. The second-order valence-corrected chi connectivity index (χ2v) is 8.37. The molecule has 2 saturated heterocycles. The van der Waals surface area contributed by atoms with Crippen molar-refractivity contribution in [2.75, 3.05) is 70.7 Å². The van der Waals surface area contributed by atoms with E-state index >= 15 is 0 Å². The van der Waals surface area contributed by atoms with E-state index in [1.165, 1.54) is 6.07 Å². The molecule has 0 atom stereocenters. The van der Waals surface area contributed by atoms with E-state index in [0.29, 0.717) is 48.2 Å². The van der Waals surface area contributed by atoms with Crippen LogP contribution in [0.2, 0.25) is 0 Å². The molecule has 11 nitrogen and oxygen atoms in total. The Morgan fingerprint density at radius 1 is 1.03 bits per heavy atom. The molecule has 11 heteroatoms. The third-order valence-electron chi connectivity index (χ3n) is 6.03. The van der Waals surface area contributed by atoms with Crippen molar-refractivity contribution >= 4 is 17.3 Å². The first-order valence-corrected chi connectivity index (χ1v) is 11.7. The molecule has 0 aliphatic carbocycles. The van der Waals surface area contributed by atoms with Gasteiger partial charge in [-0.3, -0.25) is 9.69 Å². The van der Waals surface area contributed by atoms with Gasteiger partial charge >= 0.3 is 0 Å². The first kappa shape index (κ1) is 24.9. The third kappa shape index (κ3) is 6.45. The molecule has 1 aromatic carbocycles. The quantitative estimate of drug-likeness (QED) is 0.253. The van der Waals surface area contributed by atoms with Crippen molar-refractivity contribution in [3.05, 3.63) is 52.7 Å². The van der Waals surface area contributed by atoms with Crippen LogP contribution < -0.4 is 21.2 Å². The van der Waals surface area contributed by atoms with Crippen molar-refractivity contribution in [3.63, 3.8) is 0 Å². The summed E-state index contributed by atoms with van der Waals surface area (Å²) in [4.78, 5) is 21.0. The van der Waals surface area contributed by atoms with Gasteiger partial charge in [-0.05, 0) is 29.8 Å². The first-order chi connectivity index (χ1) is 17.1. The van der Waals surface area contributed by atoms with Crippen LogP contribution >= 0.6 is 0 Å². The van der Waals surface area contributed by atoms with Gasteiger partial charge in [0, 0.05) is 55.6 Å². The van der Waals surface area contributed by atoms with E-state index in [2.05, 4.69) is 19.9 Å². The standard InChI is InChI=1S/C24H32N6O5/c25-24(32)19-12-17(16-31)11-18(13-19)23(28-26)21-14-20(30-4-8-34-9-5-30)15-22(27-21)35-10-3-29-1-6-33-7-2-29/h11-15,31H,1-10,16,26H2,(H2,25,32). The number of aliphatic hydroxyl groups is 1. The molecular formula is C24H32N6O5. The number of benzene rings is 1. The summed E-state index contributed by atoms with van der Waals surface area (Å²) in [5, 5.41) is 13.7. The number of carbonyl (C=O) groups is 1. The average molecular weight is 485 g/mol. The minimum Gasteiger partial charge on any atom is -0.476 e. The Morgan fingerprint density at radius 3 is 2.37 bits per heavy atom. The number of aliphatic hydroxyl groups excluding tert-OH is 1. The zero-order valence-corrected chi connectivity index (χ0v) is 19.7. The minimum absolute atomic E-state index is 0.249. The lowest BCUT2D eigenvalue weighted by Crippen LogP contribution is -2.38. The molecule has 2 fully saturated rings. The third-order valence-corrected chi connectivity index (χ3v) is 6.03. The lowest BCUT2D eigenvalue weighted by molar-refractivity contribution is 0.0320. The maximum absolute atomic E-state index is 11.8. The van der Waals surface area contributed by atoms with Gasteiger partial charge < -0.3 is 35.8 Å². The van der Waals surface area contributed by atoms with Crippen LogP contribution in [0.1, 0.15) is 27.2 Å². The van der Waals surface area contributed by atoms with Crippen LogP contribution in [-0.2, 0) is 16.1 Å². The molecule has 0 unspecified atom stereocenters. The minimum atomic E-state index is -0.611. The molecule has 4 rings (SSSR count). The molecule has 2 aromatic rings. The Hall–Kier alpha value is -3.25. The number of aromatic nitrogens is 1. The van der Waals surface area contributed by atoms with Crippen molar-refractivity contribution in [2.24, 2.45) is 16.7 Å². The van der Waals surface area contributed by atoms with E-state index in [0.717, 1.165) is 51.6 Å². The van der Waals surface area contributed by atoms with Crippen LogP contribution in [0.3, 0.4) is 0 Å². The zero-order valence-electron chi connectivity index (χ0n) is 19.7. The van der Waals surface area contributed by atoms with Gasteiger partial charge in [0.2, 0.25) is 11.8 Å². The van der Waals surface area contributed by atoms with Crippen LogP contribution in [-0.4, -0.2) is 92.4 Å². The van der Waals surface area contributed by atoms with Crippen molar-refractivity contribution in [2.45, 2.75) is 6.61 Å². The Kier molecular flexibility index (Phi) is 8.48. The summed E-state index contributed by atoms with van der Waals surface area (Å²) in [5.74, 6) is 5.65. The lowest BCUT2D eigenvalue weighted by atomic mass is 10.00. The number of hydrogen-bond donors (Lipinski definition) is 3. The number of amides is 1. The topological polar surface area (TPSA) is 149 Å². The van der Waals surface area contributed by atoms with E-state index < -0.39 is 5.91 Å². The largest absolute Gasteiger partial charge is 0.476 e. The number of nitrogens with zero attached hydrogens (tertiary/aromatic N) is 4. The predicted octanol–water partition coefficient (Wildman–Crippen LogP) is -0.0685. The highest BCUT2D eigenvalue weighted by Crippen LogP contribution is 2.25. The molecule has 2 aliphatic rings. The van der Waals surface area contributed by atoms with Crippen LogP contribution in [0.4, 0.5) is 5.69 Å². The maximum atomic E-state index is 11.8. The number of primary amides is 1. The summed E-state index contributed by atoms with van der Waals surface area (Å²) in [6.07, 6.45) is 0. The van der Waals surface area contributed by atoms with E-state index in [1.807, 2.05) is 12.1 Å². The van der Waals surface area contributed by atoms with E-state index in [4.69, 9.17) is 25.8 Å². The highest BCUT2D eigenvalue weighted by molar-refractivity contribution is 6.13. The van der Waals surface area contributed by atoms with Crippen LogP contribution in [0, 0.1) is 0 Å². The summed E-state index contributed by atoms with van der Waals surface area (Å²) in [7, 11) is 0. The van der Waals surface area contributed by atoms with Crippen molar-refractivity contribution in [3.8, 4) is 5.88 Å². The van der Waals surface area contributed by atoms with Crippen molar-refractivity contribution in [1.82, 2.24) is 9.88 Å². The predicted molar refractivity (Wildman–Crippen MR) is 131 cm³/mol. The maximum Gasteiger partial charge on any atom is 0.248 e. The number of anilines is 1. The number of rotatable bonds is 9. The fourth-order valence-electron chi connectivity index (χ4n) is 4.15. The van der Waals surface area contributed by atoms with Gasteiger partial charge in [-0.15, -0.1) is 0 Å². The van der Waals surface area contributed by atoms with Gasteiger partial charge in [-0.2, -0.15) is 5.10 Å². The number of ether oxygens (including phenoxy) is 3. The Morgan fingerprint density at radius 2 is 1.71 bits per heavy atom. The fourth-order valence-corrected chi connectivity index (χ4v) is 4.15. The number of morpholine rings is 2. The van der Waals surface area contributed by atoms with Crippen molar-refractivity contribution in [1.29, 1.82) is 0 Å². The molecule has 3 heterocycles. The summed E-state index contributed by atoms with van der Waals surface area (Å²) in [6, 6.07) is 8.63. The van der Waals surface area contributed by atoms with Gasteiger partial charge in [-0.25, -0.2) is 4.98 Å². The summed E-state index contributed by atoms with van der Waals surface area (Å²) < 4.78 is 17.0. The number of pyridine rings is 1. The second kappa shape index (κ2) is 11.9. The van der Waals surface area contributed by atoms with Gasteiger partial charge in [0.25, 0.3) is 0 Å². The molecule has 5 N–H and O–H groups in total. The molecule has 188 valence electrons. The van der Waals surface area contributed by atoms with Gasteiger partial charge in [-0.1, -0.05) is 0 Å². The summed E-state index contributed by atoms with van der Waals surface area (Å²) >= 11 is 0. The lowest BCUT2D eigenvalue weighted by Gasteiger charge is -2.29. The highest BCUT2D eigenvalue weighted by Gasteiger charge is 2.19. The molecule has 2 aliphatic heterocycles. The number of hydrogen-bond acceptors (Lipinski definition) is 10. The van der Waals surface area contributed by atoms with Gasteiger partial charge in [0.15, 0.2) is 0 Å². The Labute approximate surface area is 204 Å². The first-order valence-electron chi connectivity index (χ1n) is 11.7. The van der Waals surface area contributed by atoms with Crippen LogP contribution in [0.5, 0.6) is 5.88 Å². The average Bonchev–Trinajstić information content (AvgIpc) is 2.90. The molecule has 0 bridgehead atoms. The normalized spacial score (nSPS) is 17.4. The summed E-state index contributed by atoms with van der Waals surface area (Å²) in [6.45, 7) is 6.91. The van der Waals surface area contributed by atoms with Crippen molar-refractivity contribution < 1.29 is 24.1 Å². The second-order valence-electron chi connectivity index (χ2n) is 8.37. The molecule has 0 saturated carbocycles. The molecule has 0 radical (unpaired) electrons. The SMILES string of the molecule is NN=C(c1cc(CO)cc(C(N)=O)c1)c1cc(N2CCOCC2)cc(OCCN2CCOCC2)n1. The zero-order chi connectivity index (χ0) is 24.6. The van der Waals surface area contributed by atoms with Gasteiger partial charge in [0.1, 0.15) is 12.3 Å². The molecule has 0 spiro atoms. The monoisotopic (exact) mass is 484 g/mol. The number of hydrazone groups is 1. The smallest absolute Gasteiger partial charge is 0.248 e. The van der Waals surface area contributed by atoms with E-state index in [9.17, 15) is 9.90 Å². The summed E-state index contributed by atoms with van der Waals surface area (Å²) in [5.41, 5.74) is 8.54. The van der Waals surface area contributed by atoms with Gasteiger partial charge in [0.05, 0.1) is 38.7 Å². The molecule has 1 aromatic heterocycles. The fraction of sp³-hybridized carbons (Fsp3) is 0.458. The Bertz CT molecular complexity index is 1050. The number of carbonyl (C=O) groups excluding carboxylic acids is 1. The van der Waals surface area contributed by atoms with E-state index in [1.54, 1.807) is 12.1 Å². The van der Waals surface area contributed by atoms with Crippen LogP contribution in [0.15, 0.2) is 35.4 Å². The Balaban J connectivity index is 1.64. The number of nitrogens with two attached hydrogens (primary N) is 2. The van der Waals surface area contributed by atoms with Crippen LogP contribution in [0.25, 0.3) is 0 Å². The molecular weight excluding hydrogens is 452 g/mol. The molecule has 35 heavy (non-hydrogen) atoms. The van der Waals surface area contributed by atoms with E-state index in [-0.39, 0.29) is 12.2 Å². The molecule has 1 amide bonds.